The number of aromatic nitrogens is 4. The van der Waals surface area contributed by atoms with Crippen LogP contribution in [0.2, 0.25) is 10.0 Å². The van der Waals surface area contributed by atoms with Crippen molar-refractivity contribution in [3.8, 4) is 45.4 Å². The van der Waals surface area contributed by atoms with Gasteiger partial charge in [-0.1, -0.05) is 59.6 Å². The number of likely N-dealkylation sites (tertiary alicyclic amines) is 1. The zero-order chi connectivity index (χ0) is 27.4. The van der Waals surface area contributed by atoms with E-state index in [9.17, 15) is 0 Å². The Morgan fingerprint density at radius 3 is 1.77 bits per heavy atom. The third kappa shape index (κ3) is 5.70. The number of hydrogen-bond acceptors (Lipinski definition) is 8. The Morgan fingerprint density at radius 1 is 0.769 bits per heavy atom. The molecule has 0 spiro atoms. The van der Waals surface area contributed by atoms with Gasteiger partial charge in [0, 0.05) is 35.3 Å². The molecule has 1 fully saturated rings. The van der Waals surface area contributed by atoms with E-state index in [1.165, 1.54) is 12.8 Å². The average Bonchev–Trinajstić information content (AvgIpc) is 3.47. The van der Waals surface area contributed by atoms with Gasteiger partial charge in [-0.25, -0.2) is 9.97 Å². The number of nitrogens with one attached hydrogen (secondary N) is 1. The van der Waals surface area contributed by atoms with E-state index in [0.29, 0.717) is 39.7 Å². The zero-order valence-electron chi connectivity index (χ0n) is 22.2. The molecule has 2 aromatic carbocycles. The zero-order valence-corrected chi connectivity index (χ0v) is 23.7. The highest BCUT2D eigenvalue weighted by molar-refractivity contribution is 6.39. The molecule has 2 aromatic heterocycles. The first-order valence-corrected chi connectivity index (χ1v) is 13.5. The maximum absolute atomic E-state index is 6.99. The summed E-state index contributed by atoms with van der Waals surface area (Å²) in [5.41, 5.74) is 5.79. The van der Waals surface area contributed by atoms with Crippen molar-refractivity contribution in [3.05, 3.63) is 70.2 Å². The lowest BCUT2D eigenvalue weighted by molar-refractivity contribution is 0.312. The Morgan fingerprint density at radius 2 is 1.26 bits per heavy atom. The molecule has 3 heterocycles. The molecule has 202 valence electrons. The predicted octanol–water partition coefficient (Wildman–Crippen LogP) is 5.91. The molecule has 8 nitrogen and oxygen atoms in total. The average molecular weight is 566 g/mol. The van der Waals surface area contributed by atoms with E-state index >= 15 is 0 Å². The number of hydrogen-bond donors (Lipinski definition) is 1. The fourth-order valence-electron chi connectivity index (χ4n) is 4.81. The van der Waals surface area contributed by atoms with Crippen LogP contribution in [-0.4, -0.2) is 59.2 Å². The van der Waals surface area contributed by atoms with Crippen LogP contribution >= 0.6 is 23.2 Å². The van der Waals surface area contributed by atoms with Crippen molar-refractivity contribution in [2.24, 2.45) is 0 Å². The van der Waals surface area contributed by atoms with Crippen LogP contribution in [0.3, 0.4) is 0 Å². The second-order valence-electron chi connectivity index (χ2n) is 9.27. The van der Waals surface area contributed by atoms with Crippen LogP contribution in [0.5, 0.6) is 11.8 Å². The molecule has 39 heavy (non-hydrogen) atoms. The molecule has 0 aliphatic carbocycles. The fraction of sp³-hybridized carbons (Fsp3) is 0.310. The maximum atomic E-state index is 6.99. The number of halogens is 2. The monoisotopic (exact) mass is 564 g/mol. The van der Waals surface area contributed by atoms with Gasteiger partial charge in [0.05, 0.1) is 48.0 Å². The van der Waals surface area contributed by atoms with Gasteiger partial charge in [0.2, 0.25) is 11.8 Å². The molecule has 5 rings (SSSR count). The lowest BCUT2D eigenvalue weighted by Crippen LogP contribution is -2.20. The Hall–Kier alpha value is -3.30. The van der Waals surface area contributed by atoms with E-state index in [1.807, 2.05) is 43.4 Å². The van der Waals surface area contributed by atoms with E-state index in [0.717, 1.165) is 53.3 Å². The minimum atomic E-state index is 0.448. The van der Waals surface area contributed by atoms with E-state index < -0.39 is 0 Å². The van der Waals surface area contributed by atoms with Gasteiger partial charge in [-0.05, 0) is 33.0 Å². The molecule has 10 heteroatoms. The van der Waals surface area contributed by atoms with Gasteiger partial charge in [0.25, 0.3) is 0 Å². The standard InChI is InChI=1S/C29H30Cl2N6O2/c1-32-14-24-28(38-2)35-22(15-33-24)20-10-6-8-18(26(20)30)19-9-7-11-21(27(19)31)23-16-34-25(29(36-23)39-3)17-37-12-4-5-13-37/h6-11,15-16,32H,4-5,12-14,17H2,1-3H3. The van der Waals surface area contributed by atoms with Crippen LogP contribution in [-0.2, 0) is 13.1 Å². The van der Waals surface area contributed by atoms with Crippen LogP contribution in [0.15, 0.2) is 48.8 Å². The van der Waals surface area contributed by atoms with Crippen molar-refractivity contribution in [1.82, 2.24) is 30.2 Å². The number of nitrogens with zero attached hydrogens (tertiary/aromatic N) is 5. The van der Waals surface area contributed by atoms with E-state index in [-0.39, 0.29) is 0 Å². The lowest BCUT2D eigenvalue weighted by Gasteiger charge is -2.17. The highest BCUT2D eigenvalue weighted by atomic mass is 35.5. The minimum absolute atomic E-state index is 0.448. The molecule has 4 aromatic rings. The van der Waals surface area contributed by atoms with Crippen molar-refractivity contribution in [1.29, 1.82) is 0 Å². The SMILES string of the molecule is CNCc1ncc(-c2cccc(-c3cccc(-c4cnc(CN5CCCC5)c(OC)n4)c3Cl)c2Cl)nc1OC. The summed E-state index contributed by atoms with van der Waals surface area (Å²) in [6, 6.07) is 11.5. The Balaban J connectivity index is 1.51. The van der Waals surface area contributed by atoms with Crippen LogP contribution in [0.4, 0.5) is 0 Å². The number of rotatable bonds is 9. The van der Waals surface area contributed by atoms with E-state index in [2.05, 4.69) is 20.2 Å². The van der Waals surface area contributed by atoms with E-state index in [4.69, 9.17) is 42.6 Å². The first-order valence-electron chi connectivity index (χ1n) is 12.8. The smallest absolute Gasteiger partial charge is 0.237 e. The van der Waals surface area contributed by atoms with Crippen LogP contribution < -0.4 is 14.8 Å². The molecular weight excluding hydrogens is 535 g/mol. The summed E-state index contributed by atoms with van der Waals surface area (Å²) in [4.78, 5) is 21.0. The number of ether oxygens (including phenoxy) is 2. The molecule has 0 unspecified atom stereocenters. The van der Waals surface area contributed by atoms with Gasteiger partial charge in [-0.2, -0.15) is 0 Å². The highest BCUT2D eigenvalue weighted by Crippen LogP contribution is 2.42. The fourth-order valence-corrected chi connectivity index (χ4v) is 5.46. The summed E-state index contributed by atoms with van der Waals surface area (Å²) in [6.45, 7) is 3.40. The van der Waals surface area contributed by atoms with Crippen molar-refractivity contribution < 1.29 is 9.47 Å². The first kappa shape index (κ1) is 27.3. The van der Waals surface area contributed by atoms with Crippen molar-refractivity contribution >= 4 is 23.2 Å². The summed E-state index contributed by atoms with van der Waals surface area (Å²) < 4.78 is 11.1. The minimum Gasteiger partial charge on any atom is -0.480 e. The highest BCUT2D eigenvalue weighted by Gasteiger charge is 2.20. The van der Waals surface area contributed by atoms with Gasteiger partial charge in [-0.3, -0.25) is 14.9 Å². The second-order valence-corrected chi connectivity index (χ2v) is 10.0. The molecule has 1 saturated heterocycles. The van der Waals surface area contributed by atoms with Crippen LogP contribution in [0.1, 0.15) is 24.2 Å². The summed E-state index contributed by atoms with van der Waals surface area (Å²) >= 11 is 14.0. The van der Waals surface area contributed by atoms with Gasteiger partial charge in [0.1, 0.15) is 11.4 Å². The molecule has 0 radical (unpaired) electrons. The Kier molecular flexibility index (Phi) is 8.57. The summed E-state index contributed by atoms with van der Waals surface area (Å²) in [5.74, 6) is 0.958. The summed E-state index contributed by atoms with van der Waals surface area (Å²) in [6.07, 6.45) is 5.87. The molecule has 1 aliphatic rings. The van der Waals surface area contributed by atoms with Crippen molar-refractivity contribution in [2.75, 3.05) is 34.4 Å². The van der Waals surface area contributed by atoms with Gasteiger partial charge < -0.3 is 14.8 Å². The third-order valence-corrected chi connectivity index (χ3v) is 7.58. The topological polar surface area (TPSA) is 85.3 Å². The quantitative estimate of drug-likeness (QED) is 0.268. The number of methoxy groups -OCH3 is 2. The first-order chi connectivity index (χ1) is 19.0. The van der Waals surface area contributed by atoms with Crippen molar-refractivity contribution in [3.63, 3.8) is 0 Å². The second kappa shape index (κ2) is 12.3. The maximum Gasteiger partial charge on any atom is 0.237 e. The van der Waals surface area contributed by atoms with E-state index in [1.54, 1.807) is 26.6 Å². The van der Waals surface area contributed by atoms with Crippen LogP contribution in [0.25, 0.3) is 33.6 Å². The molecule has 0 bridgehead atoms. The largest absolute Gasteiger partial charge is 0.480 e. The van der Waals surface area contributed by atoms with Crippen LogP contribution in [0, 0.1) is 0 Å². The molecule has 1 aliphatic heterocycles. The molecule has 0 atom stereocenters. The van der Waals surface area contributed by atoms with Gasteiger partial charge >= 0.3 is 0 Å². The molecule has 1 N–H and O–H groups in total. The summed E-state index contributed by atoms with van der Waals surface area (Å²) in [5, 5.41) is 4.10. The molecule has 0 amide bonds. The molecule has 0 saturated carbocycles. The molecular formula is C29H30Cl2N6O2. The predicted molar refractivity (Wildman–Crippen MR) is 154 cm³/mol. The Labute approximate surface area is 238 Å². The third-order valence-electron chi connectivity index (χ3n) is 6.77. The van der Waals surface area contributed by atoms with Gasteiger partial charge in [0.15, 0.2) is 0 Å². The lowest BCUT2D eigenvalue weighted by atomic mass is 9.98. The number of benzene rings is 2. The van der Waals surface area contributed by atoms with Gasteiger partial charge in [-0.15, -0.1) is 0 Å². The Bertz CT molecular complexity index is 1480. The van der Waals surface area contributed by atoms with Crippen molar-refractivity contribution in [2.45, 2.75) is 25.9 Å². The summed E-state index contributed by atoms with van der Waals surface area (Å²) in [7, 11) is 5.04. The normalized spacial score (nSPS) is 13.6.